The highest BCUT2D eigenvalue weighted by molar-refractivity contribution is 5.92. The van der Waals surface area contributed by atoms with Gasteiger partial charge >= 0.3 is 6.03 Å². The molecular weight excluding hydrogens is 459 g/mol. The molecule has 3 amide bonds. The Morgan fingerprint density at radius 2 is 1.83 bits per heavy atom. The van der Waals surface area contributed by atoms with Gasteiger partial charge in [-0.25, -0.2) is 9.18 Å². The van der Waals surface area contributed by atoms with E-state index in [4.69, 9.17) is 4.74 Å². The highest BCUT2D eigenvalue weighted by Crippen LogP contribution is 2.33. The van der Waals surface area contributed by atoms with E-state index in [2.05, 4.69) is 48.0 Å². The van der Waals surface area contributed by atoms with Gasteiger partial charge in [-0.15, -0.1) is 0 Å². The second-order valence-electron chi connectivity index (χ2n) is 9.26. The molecule has 0 aliphatic carbocycles. The van der Waals surface area contributed by atoms with Crippen LogP contribution in [0, 0.1) is 5.82 Å². The van der Waals surface area contributed by atoms with Crippen molar-refractivity contribution in [1.82, 2.24) is 14.4 Å². The zero-order valence-corrected chi connectivity index (χ0v) is 21.0. The van der Waals surface area contributed by atoms with Crippen molar-refractivity contribution in [2.24, 2.45) is 0 Å². The number of fused-ring (bicyclic) bond motifs is 1. The summed E-state index contributed by atoms with van der Waals surface area (Å²) < 4.78 is 21.4. The number of halogens is 1. The number of urea groups is 1. The van der Waals surface area contributed by atoms with Gasteiger partial charge in [-0.2, -0.15) is 0 Å². The standard InChI is InChI=1S/C28H33FN4O3/c1-20(2)21-10-12-22(13-11-21)27-25-9-6-14-31(25)15-16-33(27)26(34)19-32(17-18-36-3)28(35)30-24-8-5-4-7-23(24)29/h4-14,20,27H,15-19H2,1-3H3,(H,30,35). The van der Waals surface area contributed by atoms with Gasteiger partial charge in [-0.05, 0) is 41.3 Å². The second-order valence-corrected chi connectivity index (χ2v) is 9.26. The van der Waals surface area contributed by atoms with Crippen LogP contribution >= 0.6 is 0 Å². The van der Waals surface area contributed by atoms with Crippen LogP contribution < -0.4 is 5.32 Å². The van der Waals surface area contributed by atoms with Gasteiger partial charge in [0.25, 0.3) is 0 Å². The molecular formula is C28H33FN4O3. The minimum atomic E-state index is -0.552. The third kappa shape index (κ3) is 5.60. The Kier molecular flexibility index (Phi) is 8.05. The van der Waals surface area contributed by atoms with Gasteiger partial charge in [0, 0.05) is 38.6 Å². The number of nitrogens with zero attached hydrogens (tertiary/aromatic N) is 3. The van der Waals surface area contributed by atoms with E-state index in [0.717, 1.165) is 11.3 Å². The molecule has 0 spiro atoms. The minimum absolute atomic E-state index is 0.0660. The third-order valence-corrected chi connectivity index (χ3v) is 6.57. The summed E-state index contributed by atoms with van der Waals surface area (Å²) in [7, 11) is 1.53. The normalized spacial score (nSPS) is 15.0. The summed E-state index contributed by atoms with van der Waals surface area (Å²) >= 11 is 0. The lowest BCUT2D eigenvalue weighted by Crippen LogP contribution is -2.49. The van der Waals surface area contributed by atoms with Crippen LogP contribution in [0.1, 0.15) is 42.6 Å². The number of carbonyl (C=O) groups is 2. The molecule has 1 unspecified atom stereocenters. The number of benzene rings is 2. The number of para-hydroxylation sites is 1. The molecule has 4 rings (SSSR count). The quantitative estimate of drug-likeness (QED) is 0.488. The molecule has 8 heteroatoms. The molecule has 1 aliphatic heterocycles. The topological polar surface area (TPSA) is 66.8 Å². The van der Waals surface area contributed by atoms with Crippen molar-refractivity contribution in [2.75, 3.05) is 38.7 Å². The monoisotopic (exact) mass is 492 g/mol. The predicted molar refractivity (Wildman–Crippen MR) is 137 cm³/mol. The molecule has 7 nitrogen and oxygen atoms in total. The summed E-state index contributed by atoms with van der Waals surface area (Å²) in [5.41, 5.74) is 3.35. The van der Waals surface area contributed by atoms with Crippen LogP contribution in [0.2, 0.25) is 0 Å². The molecule has 1 aliphatic rings. The van der Waals surface area contributed by atoms with Gasteiger partial charge in [0.15, 0.2) is 0 Å². The summed E-state index contributed by atoms with van der Waals surface area (Å²) in [4.78, 5) is 29.9. The Balaban J connectivity index is 1.57. The zero-order valence-electron chi connectivity index (χ0n) is 21.0. The second kappa shape index (κ2) is 11.4. The Labute approximate surface area is 211 Å². The van der Waals surface area contributed by atoms with Crippen molar-refractivity contribution in [2.45, 2.75) is 32.4 Å². The van der Waals surface area contributed by atoms with E-state index in [9.17, 15) is 14.0 Å². The molecule has 1 aromatic heterocycles. The van der Waals surface area contributed by atoms with E-state index in [1.54, 1.807) is 12.1 Å². The van der Waals surface area contributed by atoms with Crippen molar-refractivity contribution in [3.8, 4) is 0 Å². The summed E-state index contributed by atoms with van der Waals surface area (Å²) in [5.74, 6) is -0.306. The van der Waals surface area contributed by atoms with E-state index < -0.39 is 11.8 Å². The zero-order chi connectivity index (χ0) is 25.7. The van der Waals surface area contributed by atoms with Gasteiger partial charge in [0.05, 0.1) is 18.3 Å². The maximum Gasteiger partial charge on any atom is 0.322 e. The first-order chi connectivity index (χ1) is 17.4. The highest BCUT2D eigenvalue weighted by Gasteiger charge is 2.33. The lowest BCUT2D eigenvalue weighted by atomic mass is 9.95. The van der Waals surface area contributed by atoms with Crippen molar-refractivity contribution in [3.63, 3.8) is 0 Å². The minimum Gasteiger partial charge on any atom is -0.383 e. The van der Waals surface area contributed by atoms with Crippen LogP contribution in [-0.2, 0) is 16.1 Å². The number of aromatic nitrogens is 1. The molecule has 2 heterocycles. The van der Waals surface area contributed by atoms with E-state index in [1.165, 1.54) is 29.7 Å². The molecule has 36 heavy (non-hydrogen) atoms. The summed E-state index contributed by atoms with van der Waals surface area (Å²) in [5, 5.41) is 2.58. The van der Waals surface area contributed by atoms with Crippen LogP contribution in [0.4, 0.5) is 14.9 Å². The van der Waals surface area contributed by atoms with E-state index in [-0.39, 0.29) is 37.3 Å². The predicted octanol–water partition coefficient (Wildman–Crippen LogP) is 4.86. The Morgan fingerprint density at radius 1 is 1.08 bits per heavy atom. The molecule has 0 saturated heterocycles. The number of anilines is 1. The van der Waals surface area contributed by atoms with Crippen molar-refractivity contribution < 1.29 is 18.7 Å². The molecule has 2 aromatic carbocycles. The third-order valence-electron chi connectivity index (χ3n) is 6.57. The first-order valence-corrected chi connectivity index (χ1v) is 12.2. The maximum atomic E-state index is 14.1. The largest absolute Gasteiger partial charge is 0.383 e. The van der Waals surface area contributed by atoms with Gasteiger partial charge in [0.1, 0.15) is 12.4 Å². The van der Waals surface area contributed by atoms with E-state index >= 15 is 0 Å². The fourth-order valence-electron chi connectivity index (χ4n) is 4.53. The molecule has 0 radical (unpaired) electrons. The van der Waals surface area contributed by atoms with Crippen LogP contribution in [0.25, 0.3) is 0 Å². The van der Waals surface area contributed by atoms with Crippen molar-refractivity contribution in [3.05, 3.63) is 89.5 Å². The fourth-order valence-corrected chi connectivity index (χ4v) is 4.53. The van der Waals surface area contributed by atoms with Gasteiger partial charge in [-0.1, -0.05) is 50.2 Å². The summed E-state index contributed by atoms with van der Waals surface area (Å²) in [6.07, 6.45) is 2.03. The number of amides is 3. The highest BCUT2D eigenvalue weighted by atomic mass is 19.1. The number of hydrogen-bond donors (Lipinski definition) is 1. The average molecular weight is 493 g/mol. The maximum absolute atomic E-state index is 14.1. The van der Waals surface area contributed by atoms with Crippen molar-refractivity contribution in [1.29, 1.82) is 0 Å². The van der Waals surface area contributed by atoms with Crippen LogP contribution in [-0.4, -0.2) is 59.7 Å². The summed E-state index contributed by atoms with van der Waals surface area (Å²) in [6.45, 7) is 5.79. The molecule has 0 saturated carbocycles. The van der Waals surface area contributed by atoms with Crippen LogP contribution in [0.3, 0.4) is 0 Å². The number of methoxy groups -OCH3 is 1. The van der Waals surface area contributed by atoms with E-state index in [0.29, 0.717) is 19.0 Å². The number of hydrogen-bond acceptors (Lipinski definition) is 3. The van der Waals surface area contributed by atoms with Crippen molar-refractivity contribution >= 4 is 17.6 Å². The fraction of sp³-hybridized carbons (Fsp3) is 0.357. The SMILES string of the molecule is COCCN(CC(=O)N1CCn2cccc2C1c1ccc(C(C)C)cc1)C(=O)Nc1ccccc1F. The van der Waals surface area contributed by atoms with Crippen LogP contribution in [0.15, 0.2) is 66.9 Å². The molecule has 0 fully saturated rings. The lowest BCUT2D eigenvalue weighted by Gasteiger charge is -2.38. The molecule has 1 atom stereocenters. The molecule has 3 aromatic rings. The summed E-state index contributed by atoms with van der Waals surface area (Å²) in [6, 6.07) is 17.5. The Morgan fingerprint density at radius 3 is 2.53 bits per heavy atom. The van der Waals surface area contributed by atoms with E-state index in [1.807, 2.05) is 23.2 Å². The van der Waals surface area contributed by atoms with Gasteiger partial charge < -0.3 is 24.4 Å². The molecule has 1 N–H and O–H groups in total. The Bertz CT molecular complexity index is 1190. The Hall–Kier alpha value is -3.65. The first-order valence-electron chi connectivity index (χ1n) is 12.2. The number of nitrogens with one attached hydrogen (secondary N) is 1. The first kappa shape index (κ1) is 25.4. The lowest BCUT2D eigenvalue weighted by molar-refractivity contribution is -0.134. The number of rotatable bonds is 8. The molecule has 0 bridgehead atoms. The number of ether oxygens (including phenoxy) is 1. The van der Waals surface area contributed by atoms with Crippen LogP contribution in [0.5, 0.6) is 0 Å². The average Bonchev–Trinajstić information content (AvgIpc) is 3.36. The van der Waals surface area contributed by atoms with Gasteiger partial charge in [0.2, 0.25) is 5.91 Å². The van der Waals surface area contributed by atoms with Gasteiger partial charge in [-0.3, -0.25) is 4.79 Å². The molecule has 190 valence electrons. The smallest absolute Gasteiger partial charge is 0.322 e. The number of carbonyl (C=O) groups excluding carboxylic acids is 2.